The molecule has 0 aliphatic carbocycles. The molecule has 0 saturated heterocycles. The van der Waals surface area contributed by atoms with Gasteiger partial charge in [0.15, 0.2) is 0 Å². The molecule has 17 heavy (non-hydrogen) atoms. The van der Waals surface area contributed by atoms with Gasteiger partial charge in [-0.15, -0.1) is 0 Å². The van der Waals surface area contributed by atoms with Crippen molar-refractivity contribution in [2.45, 2.75) is 19.4 Å². The molecule has 1 unspecified atom stereocenters. The summed E-state index contributed by atoms with van der Waals surface area (Å²) < 4.78 is 0. The molecule has 4 nitrogen and oxygen atoms in total. The van der Waals surface area contributed by atoms with Crippen molar-refractivity contribution in [3.63, 3.8) is 0 Å². The molecule has 0 aromatic heterocycles. The molecule has 4 heteroatoms. The quantitative estimate of drug-likeness (QED) is 0.793. The van der Waals surface area contributed by atoms with E-state index in [1.165, 1.54) is 0 Å². The molecule has 2 rings (SSSR count). The first-order valence-electron chi connectivity index (χ1n) is 5.98. The maximum Gasteiger partial charge on any atom is 0.243 e. The van der Waals surface area contributed by atoms with Crippen LogP contribution in [0.4, 0.5) is 11.4 Å². The lowest BCUT2D eigenvalue weighted by molar-refractivity contribution is -0.119. The van der Waals surface area contributed by atoms with Crippen LogP contribution in [0.15, 0.2) is 24.3 Å². The highest BCUT2D eigenvalue weighted by Crippen LogP contribution is 2.31. The van der Waals surface area contributed by atoms with Crippen molar-refractivity contribution >= 4 is 17.3 Å². The van der Waals surface area contributed by atoms with E-state index in [0.29, 0.717) is 0 Å². The largest absolute Gasteiger partial charge is 0.373 e. The number of hydrogen-bond acceptors (Lipinski definition) is 3. The number of nitrogens with zero attached hydrogens (tertiary/aromatic N) is 2. The van der Waals surface area contributed by atoms with Crippen molar-refractivity contribution < 1.29 is 4.79 Å². The van der Waals surface area contributed by atoms with Crippen LogP contribution in [0.3, 0.4) is 0 Å². The summed E-state index contributed by atoms with van der Waals surface area (Å²) in [5.74, 6) is -0.00671. The highest BCUT2D eigenvalue weighted by Gasteiger charge is 2.24. The number of nitrogens with two attached hydrogens (primary N) is 1. The monoisotopic (exact) mass is 233 g/mol. The molecule has 1 atom stereocenters. The molecule has 2 N–H and O–H groups in total. The van der Waals surface area contributed by atoms with Crippen LogP contribution in [0.25, 0.3) is 0 Å². The summed E-state index contributed by atoms with van der Waals surface area (Å²) in [7, 11) is 2.05. The minimum Gasteiger partial charge on any atom is -0.373 e. The number of amides is 1. The molecule has 0 spiro atoms. The van der Waals surface area contributed by atoms with Gasteiger partial charge >= 0.3 is 0 Å². The molecular formula is C13H19N3O. The van der Waals surface area contributed by atoms with Crippen molar-refractivity contribution in [3.8, 4) is 0 Å². The Morgan fingerprint density at radius 1 is 1.29 bits per heavy atom. The van der Waals surface area contributed by atoms with E-state index in [4.69, 9.17) is 5.73 Å². The molecule has 0 saturated carbocycles. The van der Waals surface area contributed by atoms with Gasteiger partial charge in [0.25, 0.3) is 0 Å². The van der Waals surface area contributed by atoms with Gasteiger partial charge in [-0.3, -0.25) is 4.79 Å². The van der Waals surface area contributed by atoms with Crippen molar-refractivity contribution in [3.05, 3.63) is 24.3 Å². The summed E-state index contributed by atoms with van der Waals surface area (Å²) >= 11 is 0. The van der Waals surface area contributed by atoms with Crippen LogP contribution in [0.2, 0.25) is 0 Å². The summed E-state index contributed by atoms with van der Waals surface area (Å²) in [6, 6.07) is 7.53. The average Bonchev–Trinajstić information content (AvgIpc) is 2.49. The van der Waals surface area contributed by atoms with Crippen molar-refractivity contribution in [2.24, 2.45) is 5.73 Å². The number of para-hydroxylation sites is 2. The summed E-state index contributed by atoms with van der Waals surface area (Å²) in [5.41, 5.74) is 7.77. The highest BCUT2D eigenvalue weighted by molar-refractivity contribution is 5.99. The molecule has 1 aromatic rings. The molecule has 92 valence electrons. The number of carbonyl (C=O) groups is 1. The lowest BCUT2D eigenvalue weighted by Gasteiger charge is -2.25. The Bertz CT molecular complexity index is 417. The van der Waals surface area contributed by atoms with Crippen molar-refractivity contribution in [1.82, 2.24) is 0 Å². The van der Waals surface area contributed by atoms with Crippen LogP contribution in [0, 0.1) is 0 Å². The van der Waals surface area contributed by atoms with E-state index in [1.807, 2.05) is 29.2 Å². The van der Waals surface area contributed by atoms with E-state index in [-0.39, 0.29) is 5.91 Å². The first kappa shape index (κ1) is 11.9. The number of benzene rings is 1. The molecule has 1 heterocycles. The second-order valence-corrected chi connectivity index (χ2v) is 4.54. The normalized spacial score (nSPS) is 17.4. The zero-order valence-corrected chi connectivity index (χ0v) is 10.4. The van der Waals surface area contributed by atoms with E-state index in [0.717, 1.165) is 30.9 Å². The minimum atomic E-state index is -0.452. The summed E-state index contributed by atoms with van der Waals surface area (Å²) in [5, 5.41) is 0. The maximum atomic E-state index is 12.1. The molecule has 1 aliphatic heterocycles. The topological polar surface area (TPSA) is 49.6 Å². The Balaban J connectivity index is 2.42. The average molecular weight is 233 g/mol. The number of rotatable bonds is 1. The van der Waals surface area contributed by atoms with Gasteiger partial charge < -0.3 is 15.5 Å². The van der Waals surface area contributed by atoms with Crippen LogP contribution in [0.1, 0.15) is 13.3 Å². The number of fused-ring (bicyclic) bond motifs is 1. The Kier molecular flexibility index (Phi) is 3.33. The molecule has 0 bridgehead atoms. The zero-order valence-electron chi connectivity index (χ0n) is 10.4. The van der Waals surface area contributed by atoms with Crippen LogP contribution >= 0.6 is 0 Å². The molecule has 0 radical (unpaired) electrons. The second kappa shape index (κ2) is 4.75. The third kappa shape index (κ3) is 2.26. The standard InChI is InChI=1S/C13H19N3O/c1-10(14)13(17)16-9-5-8-15(2)11-6-3-4-7-12(11)16/h3-4,6-7,10H,5,8-9,14H2,1-2H3. The first-order valence-corrected chi connectivity index (χ1v) is 5.98. The summed E-state index contributed by atoms with van der Waals surface area (Å²) in [4.78, 5) is 16.1. The van der Waals surface area contributed by atoms with Crippen LogP contribution in [-0.2, 0) is 4.79 Å². The molecule has 0 fully saturated rings. The second-order valence-electron chi connectivity index (χ2n) is 4.54. The van der Waals surface area contributed by atoms with Crippen LogP contribution in [0.5, 0.6) is 0 Å². The van der Waals surface area contributed by atoms with Gasteiger partial charge in [-0.1, -0.05) is 12.1 Å². The Hall–Kier alpha value is -1.55. The fourth-order valence-corrected chi connectivity index (χ4v) is 2.20. The van der Waals surface area contributed by atoms with Gasteiger partial charge in [0.2, 0.25) is 5.91 Å². The van der Waals surface area contributed by atoms with Crippen LogP contribution in [-0.4, -0.2) is 32.1 Å². The predicted octanol–water partition coefficient (Wildman–Crippen LogP) is 1.21. The Labute approximate surface area is 102 Å². The zero-order chi connectivity index (χ0) is 12.4. The van der Waals surface area contributed by atoms with E-state index in [9.17, 15) is 4.79 Å². The van der Waals surface area contributed by atoms with E-state index < -0.39 is 6.04 Å². The van der Waals surface area contributed by atoms with Gasteiger partial charge in [-0.05, 0) is 25.5 Å². The summed E-state index contributed by atoms with van der Waals surface area (Å²) in [6.45, 7) is 3.43. The van der Waals surface area contributed by atoms with Gasteiger partial charge in [0.1, 0.15) is 0 Å². The Morgan fingerprint density at radius 3 is 2.59 bits per heavy atom. The van der Waals surface area contributed by atoms with Crippen molar-refractivity contribution in [1.29, 1.82) is 0 Å². The van der Waals surface area contributed by atoms with Crippen molar-refractivity contribution in [2.75, 3.05) is 29.9 Å². The predicted molar refractivity (Wildman–Crippen MR) is 70.3 cm³/mol. The Morgan fingerprint density at radius 2 is 1.94 bits per heavy atom. The SMILES string of the molecule is CC(N)C(=O)N1CCCN(C)c2ccccc21. The number of anilines is 2. The lowest BCUT2D eigenvalue weighted by atomic mass is 10.2. The highest BCUT2D eigenvalue weighted by atomic mass is 16.2. The summed E-state index contributed by atoms with van der Waals surface area (Å²) in [6.07, 6.45) is 0.962. The van der Waals surface area contributed by atoms with E-state index in [1.54, 1.807) is 6.92 Å². The van der Waals surface area contributed by atoms with E-state index >= 15 is 0 Å². The van der Waals surface area contributed by atoms with Gasteiger partial charge in [0.05, 0.1) is 17.4 Å². The smallest absolute Gasteiger partial charge is 0.243 e. The third-order valence-electron chi connectivity index (χ3n) is 3.11. The molecular weight excluding hydrogens is 214 g/mol. The number of carbonyl (C=O) groups excluding carboxylic acids is 1. The maximum absolute atomic E-state index is 12.1. The van der Waals surface area contributed by atoms with E-state index in [2.05, 4.69) is 11.9 Å². The first-order chi connectivity index (χ1) is 8.11. The lowest BCUT2D eigenvalue weighted by Crippen LogP contribution is -2.42. The number of hydrogen-bond donors (Lipinski definition) is 1. The molecule has 1 amide bonds. The fraction of sp³-hybridized carbons (Fsp3) is 0.462. The fourth-order valence-electron chi connectivity index (χ4n) is 2.20. The minimum absolute atomic E-state index is 0.00671. The molecule has 1 aliphatic rings. The van der Waals surface area contributed by atoms with Gasteiger partial charge in [0, 0.05) is 20.1 Å². The van der Waals surface area contributed by atoms with Crippen LogP contribution < -0.4 is 15.5 Å². The van der Waals surface area contributed by atoms with Gasteiger partial charge in [-0.2, -0.15) is 0 Å². The van der Waals surface area contributed by atoms with Gasteiger partial charge in [-0.25, -0.2) is 0 Å². The third-order valence-corrected chi connectivity index (χ3v) is 3.11. The molecule has 1 aromatic carbocycles.